The molecule has 2 aromatic carbocycles. The van der Waals surface area contributed by atoms with E-state index in [4.69, 9.17) is 31.4 Å². The number of nitrogens with zero attached hydrogens (tertiary/aromatic N) is 2. The Bertz CT molecular complexity index is 717. The van der Waals surface area contributed by atoms with Gasteiger partial charge in [0.1, 0.15) is 0 Å². The van der Waals surface area contributed by atoms with Gasteiger partial charge in [0.05, 0.1) is 0 Å². The number of carbonyl (C=O) groups is 2. The zero-order valence-corrected chi connectivity index (χ0v) is 15.7. The summed E-state index contributed by atoms with van der Waals surface area (Å²) in [7, 11) is 0. The standard InChI is InChI=1S/C18H21ClN2.C2H2O4/c19-18-8-6-17(7-9-18)15-21-12-10-20(11-13-21)14-16-4-2-1-3-5-16;3-1(4)2(5)6/h1-9H,10-15H2;(H,3,4)(H,5,6). The number of hydrogen-bond donors (Lipinski definition) is 2. The van der Waals surface area contributed by atoms with Crippen LogP contribution in [0.25, 0.3) is 0 Å². The summed E-state index contributed by atoms with van der Waals surface area (Å²) in [6.45, 7) is 6.64. The molecule has 7 heteroatoms. The Morgan fingerprint density at radius 3 is 1.56 bits per heavy atom. The van der Waals surface area contributed by atoms with Gasteiger partial charge in [-0.25, -0.2) is 9.59 Å². The Morgan fingerprint density at radius 1 is 0.741 bits per heavy atom. The van der Waals surface area contributed by atoms with Crippen LogP contribution in [0.15, 0.2) is 54.6 Å². The summed E-state index contributed by atoms with van der Waals surface area (Å²) in [6.07, 6.45) is 0. The van der Waals surface area contributed by atoms with E-state index in [9.17, 15) is 0 Å². The molecule has 2 aromatic rings. The van der Waals surface area contributed by atoms with E-state index in [0.29, 0.717) is 0 Å². The minimum absolute atomic E-state index is 0.812. The van der Waals surface area contributed by atoms with Crippen molar-refractivity contribution in [3.63, 3.8) is 0 Å². The fourth-order valence-corrected chi connectivity index (χ4v) is 2.92. The third-order valence-corrected chi connectivity index (χ3v) is 4.47. The maximum atomic E-state index is 9.10. The summed E-state index contributed by atoms with van der Waals surface area (Å²) in [5.41, 5.74) is 2.75. The molecule has 0 bridgehead atoms. The fraction of sp³-hybridized carbons (Fsp3) is 0.300. The van der Waals surface area contributed by atoms with E-state index in [0.717, 1.165) is 44.3 Å². The molecule has 1 aliphatic heterocycles. The zero-order chi connectivity index (χ0) is 19.6. The van der Waals surface area contributed by atoms with Gasteiger partial charge in [-0.05, 0) is 23.3 Å². The number of carboxylic acids is 2. The van der Waals surface area contributed by atoms with Crippen molar-refractivity contribution in [2.75, 3.05) is 26.2 Å². The second-order valence-corrected chi connectivity index (χ2v) is 6.71. The first kappa shape index (κ1) is 20.9. The highest BCUT2D eigenvalue weighted by atomic mass is 35.5. The number of carboxylic acid groups (broad SMARTS) is 2. The lowest BCUT2D eigenvalue weighted by Gasteiger charge is -2.34. The minimum Gasteiger partial charge on any atom is -0.473 e. The van der Waals surface area contributed by atoms with Crippen LogP contribution in [0.4, 0.5) is 0 Å². The van der Waals surface area contributed by atoms with Gasteiger partial charge in [0.15, 0.2) is 0 Å². The first-order valence-electron chi connectivity index (χ1n) is 8.63. The summed E-state index contributed by atoms with van der Waals surface area (Å²) >= 11 is 5.93. The highest BCUT2D eigenvalue weighted by Crippen LogP contribution is 2.14. The molecular weight excluding hydrogens is 368 g/mol. The second kappa shape index (κ2) is 10.7. The number of hydrogen-bond acceptors (Lipinski definition) is 4. The summed E-state index contributed by atoms with van der Waals surface area (Å²) < 4.78 is 0. The number of halogens is 1. The van der Waals surface area contributed by atoms with Gasteiger partial charge in [0, 0.05) is 44.3 Å². The Kier molecular flexibility index (Phi) is 8.26. The molecule has 0 aliphatic carbocycles. The highest BCUT2D eigenvalue weighted by Gasteiger charge is 2.16. The van der Waals surface area contributed by atoms with Crippen LogP contribution < -0.4 is 0 Å². The molecule has 1 saturated heterocycles. The maximum Gasteiger partial charge on any atom is 0.414 e. The Balaban J connectivity index is 0.000000380. The minimum atomic E-state index is -1.82. The monoisotopic (exact) mass is 390 g/mol. The van der Waals surface area contributed by atoms with Crippen LogP contribution in [0.1, 0.15) is 11.1 Å². The van der Waals surface area contributed by atoms with Crippen molar-refractivity contribution < 1.29 is 19.8 Å². The van der Waals surface area contributed by atoms with E-state index in [2.05, 4.69) is 52.3 Å². The van der Waals surface area contributed by atoms with Gasteiger partial charge in [-0.1, -0.05) is 54.1 Å². The van der Waals surface area contributed by atoms with Crippen LogP contribution in [0.3, 0.4) is 0 Å². The number of piperazine rings is 1. The lowest BCUT2D eigenvalue weighted by Crippen LogP contribution is -2.45. The van der Waals surface area contributed by atoms with Gasteiger partial charge < -0.3 is 10.2 Å². The van der Waals surface area contributed by atoms with Crippen LogP contribution in [-0.2, 0) is 22.7 Å². The SMILES string of the molecule is Clc1ccc(CN2CCN(Cc3ccccc3)CC2)cc1.O=C(O)C(=O)O. The third kappa shape index (κ3) is 7.78. The molecule has 0 unspecified atom stereocenters. The maximum absolute atomic E-state index is 9.10. The summed E-state index contributed by atoms with van der Waals surface area (Å²) in [5, 5.41) is 15.6. The lowest BCUT2D eigenvalue weighted by atomic mass is 10.1. The normalized spacial score (nSPS) is 14.9. The first-order valence-corrected chi connectivity index (χ1v) is 9.01. The molecule has 0 aromatic heterocycles. The Labute approximate surface area is 163 Å². The van der Waals surface area contributed by atoms with E-state index in [1.807, 2.05) is 12.1 Å². The average Bonchev–Trinajstić information content (AvgIpc) is 2.66. The topological polar surface area (TPSA) is 81.1 Å². The molecule has 0 radical (unpaired) electrons. The van der Waals surface area contributed by atoms with Crippen molar-refractivity contribution in [3.05, 3.63) is 70.7 Å². The summed E-state index contributed by atoms with van der Waals surface area (Å²) in [4.78, 5) is 23.3. The Hall–Kier alpha value is -2.41. The van der Waals surface area contributed by atoms with Gasteiger partial charge in [0.2, 0.25) is 0 Å². The molecule has 3 rings (SSSR count). The predicted octanol–water partition coefficient (Wildman–Crippen LogP) is 2.81. The van der Waals surface area contributed by atoms with E-state index in [1.54, 1.807) is 0 Å². The van der Waals surface area contributed by atoms with Crippen molar-refractivity contribution >= 4 is 23.5 Å². The van der Waals surface area contributed by atoms with Crippen LogP contribution in [0.2, 0.25) is 5.02 Å². The number of aliphatic carboxylic acids is 2. The largest absolute Gasteiger partial charge is 0.473 e. The second-order valence-electron chi connectivity index (χ2n) is 6.27. The fourth-order valence-electron chi connectivity index (χ4n) is 2.80. The van der Waals surface area contributed by atoms with Gasteiger partial charge in [-0.2, -0.15) is 0 Å². The van der Waals surface area contributed by atoms with E-state index in [-0.39, 0.29) is 0 Å². The molecule has 144 valence electrons. The molecule has 27 heavy (non-hydrogen) atoms. The molecule has 1 heterocycles. The molecule has 0 amide bonds. The molecule has 1 fully saturated rings. The highest BCUT2D eigenvalue weighted by molar-refractivity contribution is 6.30. The molecule has 0 spiro atoms. The van der Waals surface area contributed by atoms with E-state index < -0.39 is 11.9 Å². The molecule has 0 atom stereocenters. The number of rotatable bonds is 4. The van der Waals surface area contributed by atoms with Gasteiger partial charge in [0.25, 0.3) is 0 Å². The van der Waals surface area contributed by atoms with Gasteiger partial charge in [-0.3, -0.25) is 9.80 Å². The van der Waals surface area contributed by atoms with Gasteiger partial charge >= 0.3 is 11.9 Å². The number of benzene rings is 2. The van der Waals surface area contributed by atoms with Crippen LogP contribution in [0.5, 0.6) is 0 Å². The van der Waals surface area contributed by atoms with Gasteiger partial charge in [-0.15, -0.1) is 0 Å². The molecule has 6 nitrogen and oxygen atoms in total. The lowest BCUT2D eigenvalue weighted by molar-refractivity contribution is -0.159. The van der Waals surface area contributed by atoms with Crippen LogP contribution >= 0.6 is 11.6 Å². The first-order chi connectivity index (χ1) is 12.9. The van der Waals surface area contributed by atoms with Crippen LogP contribution in [0, 0.1) is 0 Å². The summed E-state index contributed by atoms with van der Waals surface area (Å²) in [6, 6.07) is 18.9. The van der Waals surface area contributed by atoms with Crippen molar-refractivity contribution in [1.82, 2.24) is 9.80 Å². The smallest absolute Gasteiger partial charge is 0.414 e. The van der Waals surface area contributed by atoms with E-state index >= 15 is 0 Å². The quantitative estimate of drug-likeness (QED) is 0.781. The molecule has 0 saturated carbocycles. The van der Waals surface area contributed by atoms with Crippen molar-refractivity contribution in [2.45, 2.75) is 13.1 Å². The molecule has 2 N–H and O–H groups in total. The Morgan fingerprint density at radius 2 is 1.15 bits per heavy atom. The van der Waals surface area contributed by atoms with Crippen LogP contribution in [-0.4, -0.2) is 58.1 Å². The molecular formula is C20H23ClN2O4. The average molecular weight is 391 g/mol. The van der Waals surface area contributed by atoms with Crippen molar-refractivity contribution in [3.8, 4) is 0 Å². The zero-order valence-electron chi connectivity index (χ0n) is 14.9. The summed E-state index contributed by atoms with van der Waals surface area (Å²) in [5.74, 6) is -3.65. The third-order valence-electron chi connectivity index (χ3n) is 4.22. The van der Waals surface area contributed by atoms with E-state index in [1.165, 1.54) is 11.1 Å². The molecule has 1 aliphatic rings. The van der Waals surface area contributed by atoms with Crippen molar-refractivity contribution in [2.24, 2.45) is 0 Å². The van der Waals surface area contributed by atoms with Crippen molar-refractivity contribution in [1.29, 1.82) is 0 Å². The predicted molar refractivity (Wildman–Crippen MR) is 104 cm³/mol.